The summed E-state index contributed by atoms with van der Waals surface area (Å²) >= 11 is 0. The lowest BCUT2D eigenvalue weighted by Crippen LogP contribution is -2.48. The standard InChI is InChI=1S/C17H26N4O5S/c1-12-5-7-13(8-6-12)27(25,26)20-11-15(23)18-9-14(22)19-10-16(24)21-17(2,3)4/h5-8,20H,9-11H2,1-4H3,(H,18,23)(H,19,22)(H,21,24). The van der Waals surface area contributed by atoms with Gasteiger partial charge < -0.3 is 16.0 Å². The van der Waals surface area contributed by atoms with Crippen molar-refractivity contribution in [1.29, 1.82) is 0 Å². The zero-order chi connectivity index (χ0) is 20.7. The van der Waals surface area contributed by atoms with E-state index >= 15 is 0 Å². The average molecular weight is 398 g/mol. The number of aryl methyl sites for hydroxylation is 1. The van der Waals surface area contributed by atoms with E-state index in [0.717, 1.165) is 5.56 Å². The van der Waals surface area contributed by atoms with Crippen molar-refractivity contribution in [2.75, 3.05) is 19.6 Å². The van der Waals surface area contributed by atoms with Crippen molar-refractivity contribution in [3.8, 4) is 0 Å². The van der Waals surface area contributed by atoms with E-state index < -0.39 is 33.9 Å². The highest BCUT2D eigenvalue weighted by Gasteiger charge is 2.16. The molecule has 1 aromatic rings. The molecule has 0 saturated carbocycles. The summed E-state index contributed by atoms with van der Waals surface area (Å²) in [7, 11) is -3.81. The van der Waals surface area contributed by atoms with Crippen molar-refractivity contribution in [3.63, 3.8) is 0 Å². The molecule has 0 saturated heterocycles. The van der Waals surface area contributed by atoms with Crippen LogP contribution in [0.3, 0.4) is 0 Å². The van der Waals surface area contributed by atoms with Gasteiger partial charge in [-0.2, -0.15) is 0 Å². The van der Waals surface area contributed by atoms with Crippen LogP contribution in [0.1, 0.15) is 26.3 Å². The van der Waals surface area contributed by atoms with Crippen molar-refractivity contribution in [3.05, 3.63) is 29.8 Å². The van der Waals surface area contributed by atoms with Gasteiger partial charge in [-0.1, -0.05) is 17.7 Å². The summed E-state index contributed by atoms with van der Waals surface area (Å²) in [5.74, 6) is -1.58. The van der Waals surface area contributed by atoms with Crippen LogP contribution in [0.15, 0.2) is 29.2 Å². The first-order valence-electron chi connectivity index (χ1n) is 8.30. The Balaban J connectivity index is 2.35. The maximum absolute atomic E-state index is 12.1. The number of hydrogen-bond donors (Lipinski definition) is 4. The second-order valence-corrected chi connectivity index (χ2v) is 8.76. The fourth-order valence-corrected chi connectivity index (χ4v) is 2.89. The van der Waals surface area contributed by atoms with E-state index in [4.69, 9.17) is 0 Å². The molecule has 150 valence electrons. The Morgan fingerprint density at radius 2 is 1.33 bits per heavy atom. The van der Waals surface area contributed by atoms with Gasteiger partial charge in [0.1, 0.15) is 0 Å². The molecule has 0 aliphatic carbocycles. The third-order valence-corrected chi connectivity index (χ3v) is 4.58. The fraction of sp³-hybridized carbons (Fsp3) is 0.471. The number of nitrogens with one attached hydrogen (secondary N) is 4. The number of carbonyl (C=O) groups excluding carboxylic acids is 3. The third-order valence-electron chi connectivity index (χ3n) is 3.16. The van der Waals surface area contributed by atoms with Gasteiger partial charge in [0, 0.05) is 5.54 Å². The summed E-state index contributed by atoms with van der Waals surface area (Å²) in [6.07, 6.45) is 0. The predicted molar refractivity (Wildman–Crippen MR) is 100 cm³/mol. The lowest BCUT2D eigenvalue weighted by atomic mass is 10.1. The largest absolute Gasteiger partial charge is 0.350 e. The lowest BCUT2D eigenvalue weighted by Gasteiger charge is -2.20. The summed E-state index contributed by atoms with van der Waals surface area (Å²) in [5.41, 5.74) is 0.499. The molecule has 1 aromatic carbocycles. The van der Waals surface area contributed by atoms with Crippen molar-refractivity contribution < 1.29 is 22.8 Å². The van der Waals surface area contributed by atoms with Gasteiger partial charge in [0.15, 0.2) is 0 Å². The molecular formula is C17H26N4O5S. The van der Waals surface area contributed by atoms with E-state index in [1.807, 2.05) is 27.7 Å². The van der Waals surface area contributed by atoms with Gasteiger partial charge in [-0.3, -0.25) is 14.4 Å². The van der Waals surface area contributed by atoms with Gasteiger partial charge in [0.25, 0.3) is 0 Å². The van der Waals surface area contributed by atoms with Crippen LogP contribution in [-0.4, -0.2) is 51.3 Å². The van der Waals surface area contributed by atoms with E-state index in [1.54, 1.807) is 12.1 Å². The number of amides is 3. The van der Waals surface area contributed by atoms with Crippen LogP contribution in [0, 0.1) is 6.92 Å². The maximum Gasteiger partial charge on any atom is 0.241 e. The zero-order valence-corrected chi connectivity index (χ0v) is 16.7. The molecule has 0 radical (unpaired) electrons. The van der Waals surface area contributed by atoms with E-state index in [-0.39, 0.29) is 23.9 Å². The van der Waals surface area contributed by atoms with E-state index in [2.05, 4.69) is 20.7 Å². The molecule has 0 spiro atoms. The van der Waals surface area contributed by atoms with Crippen LogP contribution in [0.25, 0.3) is 0 Å². The number of rotatable bonds is 8. The molecule has 0 fully saturated rings. The summed E-state index contributed by atoms with van der Waals surface area (Å²) < 4.78 is 26.3. The van der Waals surface area contributed by atoms with Crippen LogP contribution in [-0.2, 0) is 24.4 Å². The molecular weight excluding hydrogens is 372 g/mol. The molecule has 0 unspecified atom stereocenters. The summed E-state index contributed by atoms with van der Waals surface area (Å²) in [4.78, 5) is 35.0. The molecule has 0 aromatic heterocycles. The monoisotopic (exact) mass is 398 g/mol. The molecule has 0 bridgehead atoms. The normalized spacial score (nSPS) is 11.6. The van der Waals surface area contributed by atoms with Gasteiger partial charge in [-0.15, -0.1) is 0 Å². The summed E-state index contributed by atoms with van der Waals surface area (Å²) in [5, 5.41) is 7.32. The average Bonchev–Trinajstić information content (AvgIpc) is 2.55. The SMILES string of the molecule is Cc1ccc(S(=O)(=O)NCC(=O)NCC(=O)NCC(=O)NC(C)(C)C)cc1. The number of sulfonamides is 1. The molecule has 3 amide bonds. The molecule has 9 nitrogen and oxygen atoms in total. The Hall–Kier alpha value is -2.46. The molecule has 0 atom stereocenters. The zero-order valence-electron chi connectivity index (χ0n) is 15.9. The minimum atomic E-state index is -3.81. The van der Waals surface area contributed by atoms with Crippen LogP contribution >= 0.6 is 0 Å². The Morgan fingerprint density at radius 3 is 1.85 bits per heavy atom. The molecule has 4 N–H and O–H groups in total. The van der Waals surface area contributed by atoms with Crippen molar-refractivity contribution in [1.82, 2.24) is 20.7 Å². The van der Waals surface area contributed by atoms with Crippen molar-refractivity contribution >= 4 is 27.7 Å². The fourth-order valence-electron chi connectivity index (χ4n) is 1.91. The smallest absolute Gasteiger partial charge is 0.241 e. The first-order valence-corrected chi connectivity index (χ1v) is 9.78. The molecule has 27 heavy (non-hydrogen) atoms. The lowest BCUT2D eigenvalue weighted by molar-refractivity contribution is -0.127. The van der Waals surface area contributed by atoms with Crippen LogP contribution in [0.4, 0.5) is 0 Å². The third kappa shape index (κ3) is 9.15. The van der Waals surface area contributed by atoms with Crippen molar-refractivity contribution in [2.45, 2.75) is 38.1 Å². The number of carbonyl (C=O) groups is 3. The number of hydrogen-bond acceptors (Lipinski definition) is 5. The number of benzene rings is 1. The topological polar surface area (TPSA) is 133 Å². The molecule has 10 heteroatoms. The summed E-state index contributed by atoms with van der Waals surface area (Å²) in [6, 6.07) is 6.17. The molecule has 0 aliphatic rings. The maximum atomic E-state index is 12.1. The Kier molecular flexibility index (Phi) is 7.92. The molecule has 0 heterocycles. The van der Waals surface area contributed by atoms with Crippen LogP contribution in [0.5, 0.6) is 0 Å². The first kappa shape index (κ1) is 22.6. The second kappa shape index (κ2) is 9.47. The quantitative estimate of drug-likeness (QED) is 0.465. The van der Waals surface area contributed by atoms with Crippen LogP contribution in [0.2, 0.25) is 0 Å². The second-order valence-electron chi connectivity index (χ2n) is 6.99. The Bertz CT molecular complexity index is 783. The van der Waals surface area contributed by atoms with Gasteiger partial charge in [-0.25, -0.2) is 13.1 Å². The molecule has 1 rings (SSSR count). The van der Waals surface area contributed by atoms with Crippen LogP contribution < -0.4 is 20.7 Å². The first-order chi connectivity index (χ1) is 12.4. The minimum absolute atomic E-state index is 0.0449. The van der Waals surface area contributed by atoms with E-state index in [9.17, 15) is 22.8 Å². The highest BCUT2D eigenvalue weighted by atomic mass is 32.2. The van der Waals surface area contributed by atoms with Gasteiger partial charge in [0.05, 0.1) is 24.5 Å². The molecule has 0 aliphatic heterocycles. The van der Waals surface area contributed by atoms with E-state index in [0.29, 0.717) is 0 Å². The minimum Gasteiger partial charge on any atom is -0.350 e. The Morgan fingerprint density at radius 1 is 0.852 bits per heavy atom. The van der Waals surface area contributed by atoms with Gasteiger partial charge in [0.2, 0.25) is 27.7 Å². The summed E-state index contributed by atoms with van der Waals surface area (Å²) in [6.45, 7) is 6.17. The highest BCUT2D eigenvalue weighted by molar-refractivity contribution is 7.89. The van der Waals surface area contributed by atoms with Gasteiger partial charge in [-0.05, 0) is 39.8 Å². The Labute approximate surface area is 159 Å². The highest BCUT2D eigenvalue weighted by Crippen LogP contribution is 2.09. The van der Waals surface area contributed by atoms with E-state index in [1.165, 1.54) is 12.1 Å². The van der Waals surface area contributed by atoms with Crippen molar-refractivity contribution in [2.24, 2.45) is 0 Å². The predicted octanol–water partition coefficient (Wildman–Crippen LogP) is -0.580. The van der Waals surface area contributed by atoms with Gasteiger partial charge >= 0.3 is 0 Å².